The van der Waals surface area contributed by atoms with Crippen LogP contribution < -0.4 is 10.2 Å². The summed E-state index contributed by atoms with van der Waals surface area (Å²) in [5.74, 6) is -1.40. The second-order valence-electron chi connectivity index (χ2n) is 5.43. The Morgan fingerprint density at radius 1 is 1.29 bits per heavy atom. The molecular weight excluding hydrogens is 336 g/mol. The summed E-state index contributed by atoms with van der Waals surface area (Å²) < 4.78 is 0.768. The predicted molar refractivity (Wildman–Crippen MR) is 81.2 cm³/mol. The Labute approximate surface area is 130 Å². The summed E-state index contributed by atoms with van der Waals surface area (Å²) in [5, 5.41) is 2.93. The molecule has 5 nitrogen and oxygen atoms in total. The molecule has 0 spiro atoms. The molecule has 2 amide bonds. The smallest absolute Gasteiger partial charge is 0.299 e. The number of rotatable bonds is 3. The van der Waals surface area contributed by atoms with Crippen molar-refractivity contribution >= 4 is 39.2 Å². The lowest BCUT2D eigenvalue weighted by Gasteiger charge is -2.18. The van der Waals surface area contributed by atoms with Gasteiger partial charge in [-0.3, -0.25) is 19.3 Å². The molecule has 0 bridgehead atoms. The monoisotopic (exact) mass is 350 g/mol. The van der Waals surface area contributed by atoms with E-state index in [1.165, 1.54) is 4.90 Å². The molecule has 6 heteroatoms. The molecule has 0 aromatic heterocycles. The summed E-state index contributed by atoms with van der Waals surface area (Å²) in [7, 11) is 0. The Morgan fingerprint density at radius 3 is 2.71 bits per heavy atom. The van der Waals surface area contributed by atoms with Gasteiger partial charge in [-0.1, -0.05) is 28.8 Å². The molecule has 0 radical (unpaired) electrons. The minimum atomic E-state index is -0.635. The normalized spacial score (nSPS) is 18.2. The minimum absolute atomic E-state index is 0.107. The van der Waals surface area contributed by atoms with E-state index in [2.05, 4.69) is 21.2 Å². The number of ketones is 1. The van der Waals surface area contributed by atoms with Gasteiger partial charge in [0.05, 0.1) is 11.3 Å². The van der Waals surface area contributed by atoms with E-state index in [1.807, 2.05) is 0 Å². The summed E-state index contributed by atoms with van der Waals surface area (Å²) in [5.41, 5.74) is 0.859. The number of nitrogens with zero attached hydrogens (tertiary/aromatic N) is 1. The molecule has 2 aliphatic rings. The SMILES string of the molecule is O=C(CN1C(=O)C(=O)c2ccc(Br)cc21)NC1CCCC1. The molecule has 21 heavy (non-hydrogen) atoms. The Bertz CT molecular complexity index is 623. The summed E-state index contributed by atoms with van der Waals surface area (Å²) in [6, 6.07) is 5.22. The maximum Gasteiger partial charge on any atom is 0.299 e. The lowest BCUT2D eigenvalue weighted by Crippen LogP contribution is -2.43. The van der Waals surface area contributed by atoms with Crippen LogP contribution in [0.25, 0.3) is 0 Å². The average Bonchev–Trinajstić information content (AvgIpc) is 3.02. The van der Waals surface area contributed by atoms with Gasteiger partial charge >= 0.3 is 0 Å². The van der Waals surface area contributed by atoms with Crippen molar-refractivity contribution in [3.63, 3.8) is 0 Å². The van der Waals surface area contributed by atoms with E-state index in [1.54, 1.807) is 18.2 Å². The third-order valence-electron chi connectivity index (χ3n) is 3.96. The molecule has 1 aromatic carbocycles. The highest BCUT2D eigenvalue weighted by molar-refractivity contribution is 9.10. The molecule has 1 aliphatic heterocycles. The number of halogens is 1. The van der Waals surface area contributed by atoms with Gasteiger partial charge in [0.15, 0.2) is 0 Å². The molecule has 0 atom stereocenters. The van der Waals surface area contributed by atoms with Crippen molar-refractivity contribution in [2.24, 2.45) is 0 Å². The summed E-state index contributed by atoms with van der Waals surface area (Å²) in [6.07, 6.45) is 4.23. The summed E-state index contributed by atoms with van der Waals surface area (Å²) in [4.78, 5) is 37.3. The molecule has 110 valence electrons. The summed E-state index contributed by atoms with van der Waals surface area (Å²) >= 11 is 3.32. The van der Waals surface area contributed by atoms with Gasteiger partial charge in [-0.25, -0.2) is 0 Å². The summed E-state index contributed by atoms with van der Waals surface area (Å²) in [6.45, 7) is -0.107. The fourth-order valence-corrected chi connectivity index (χ4v) is 3.26. The number of carbonyl (C=O) groups excluding carboxylic acids is 3. The van der Waals surface area contributed by atoms with Crippen LogP contribution >= 0.6 is 15.9 Å². The second-order valence-corrected chi connectivity index (χ2v) is 6.35. The Morgan fingerprint density at radius 2 is 2.00 bits per heavy atom. The maximum absolute atomic E-state index is 12.1. The van der Waals surface area contributed by atoms with Crippen molar-refractivity contribution < 1.29 is 14.4 Å². The van der Waals surface area contributed by atoms with Gasteiger partial charge in [-0.15, -0.1) is 0 Å². The van der Waals surface area contributed by atoms with E-state index in [4.69, 9.17) is 0 Å². The molecule has 1 heterocycles. The van der Waals surface area contributed by atoms with Crippen molar-refractivity contribution in [2.75, 3.05) is 11.4 Å². The Balaban J connectivity index is 1.76. The lowest BCUT2D eigenvalue weighted by molar-refractivity contribution is -0.122. The predicted octanol–water partition coefficient (Wildman–Crippen LogP) is 2.04. The van der Waals surface area contributed by atoms with E-state index < -0.39 is 11.7 Å². The molecule has 1 saturated carbocycles. The molecule has 1 aliphatic carbocycles. The number of fused-ring (bicyclic) bond motifs is 1. The number of Topliss-reactive ketones (excluding diaryl/α,β-unsaturated/α-hetero) is 1. The molecule has 1 N–H and O–H groups in total. The fourth-order valence-electron chi connectivity index (χ4n) is 2.91. The number of nitrogens with one attached hydrogen (secondary N) is 1. The van der Waals surface area contributed by atoms with Crippen LogP contribution in [0.5, 0.6) is 0 Å². The number of amides is 2. The van der Waals surface area contributed by atoms with Gasteiger partial charge in [0.25, 0.3) is 11.7 Å². The Kier molecular flexibility index (Phi) is 3.80. The first-order valence-corrected chi connectivity index (χ1v) is 7.80. The molecule has 0 unspecified atom stereocenters. The van der Waals surface area contributed by atoms with Gasteiger partial charge in [-0.2, -0.15) is 0 Å². The highest BCUT2D eigenvalue weighted by Crippen LogP contribution is 2.31. The number of hydrogen-bond acceptors (Lipinski definition) is 3. The van der Waals surface area contributed by atoms with Gasteiger partial charge in [0.2, 0.25) is 5.91 Å². The van der Waals surface area contributed by atoms with E-state index in [0.717, 1.165) is 30.2 Å². The molecule has 3 rings (SSSR count). The van der Waals surface area contributed by atoms with E-state index in [9.17, 15) is 14.4 Å². The number of benzene rings is 1. The molecular formula is C15H15BrN2O3. The van der Waals surface area contributed by atoms with E-state index >= 15 is 0 Å². The zero-order valence-corrected chi connectivity index (χ0v) is 13.0. The van der Waals surface area contributed by atoms with Crippen molar-refractivity contribution in [1.82, 2.24) is 5.32 Å². The van der Waals surface area contributed by atoms with E-state index in [0.29, 0.717) is 11.3 Å². The third kappa shape index (κ3) is 2.72. The van der Waals surface area contributed by atoms with Gasteiger partial charge in [0.1, 0.15) is 6.54 Å². The van der Waals surface area contributed by atoms with Crippen LogP contribution in [-0.4, -0.2) is 30.2 Å². The van der Waals surface area contributed by atoms with Crippen LogP contribution in [0.1, 0.15) is 36.0 Å². The van der Waals surface area contributed by atoms with Crippen LogP contribution in [0.4, 0.5) is 5.69 Å². The van der Waals surface area contributed by atoms with Crippen molar-refractivity contribution in [1.29, 1.82) is 0 Å². The van der Waals surface area contributed by atoms with E-state index in [-0.39, 0.29) is 18.5 Å². The minimum Gasteiger partial charge on any atom is -0.352 e. The largest absolute Gasteiger partial charge is 0.352 e. The quantitative estimate of drug-likeness (QED) is 0.848. The first-order valence-electron chi connectivity index (χ1n) is 7.01. The highest BCUT2D eigenvalue weighted by atomic mass is 79.9. The number of hydrogen-bond donors (Lipinski definition) is 1. The molecule has 0 saturated heterocycles. The first kappa shape index (κ1) is 14.3. The van der Waals surface area contributed by atoms with Crippen LogP contribution in [0.3, 0.4) is 0 Å². The third-order valence-corrected chi connectivity index (χ3v) is 4.45. The van der Waals surface area contributed by atoms with Crippen molar-refractivity contribution in [3.05, 3.63) is 28.2 Å². The second kappa shape index (κ2) is 5.60. The van der Waals surface area contributed by atoms with Crippen molar-refractivity contribution in [2.45, 2.75) is 31.7 Å². The molecule has 1 fully saturated rings. The zero-order valence-electron chi connectivity index (χ0n) is 11.4. The topological polar surface area (TPSA) is 66.5 Å². The van der Waals surface area contributed by atoms with Gasteiger partial charge < -0.3 is 5.32 Å². The van der Waals surface area contributed by atoms with Crippen LogP contribution in [0.2, 0.25) is 0 Å². The standard InChI is InChI=1S/C15H15BrN2O3/c16-9-5-6-11-12(7-9)18(15(21)14(11)20)8-13(19)17-10-3-1-2-4-10/h5-7,10H,1-4,8H2,(H,17,19). The lowest BCUT2D eigenvalue weighted by atomic mass is 10.1. The van der Waals surface area contributed by atoms with Crippen molar-refractivity contribution in [3.8, 4) is 0 Å². The van der Waals surface area contributed by atoms with Crippen LogP contribution in [0, 0.1) is 0 Å². The number of carbonyl (C=O) groups is 3. The first-order chi connectivity index (χ1) is 10.1. The van der Waals surface area contributed by atoms with Crippen LogP contribution in [-0.2, 0) is 9.59 Å². The van der Waals surface area contributed by atoms with Crippen LogP contribution in [0.15, 0.2) is 22.7 Å². The van der Waals surface area contributed by atoms with Gasteiger partial charge in [-0.05, 0) is 31.0 Å². The zero-order chi connectivity index (χ0) is 15.0. The average molecular weight is 351 g/mol. The highest BCUT2D eigenvalue weighted by Gasteiger charge is 2.37. The number of anilines is 1. The van der Waals surface area contributed by atoms with Gasteiger partial charge in [0, 0.05) is 10.5 Å². The fraction of sp³-hybridized carbons (Fsp3) is 0.400. The molecule has 1 aromatic rings. The maximum atomic E-state index is 12.1. The Hall–Kier alpha value is -1.69.